The van der Waals surface area contributed by atoms with Crippen LogP contribution < -0.4 is 0 Å². The molecular formula is C17H13F3N4O2S. The van der Waals surface area contributed by atoms with Gasteiger partial charge in [-0.1, -0.05) is 12.1 Å². The minimum atomic E-state index is -4.53. The summed E-state index contributed by atoms with van der Waals surface area (Å²) in [5, 5.41) is 16.8. The predicted molar refractivity (Wildman–Crippen MR) is 93.0 cm³/mol. The highest BCUT2D eigenvalue weighted by Crippen LogP contribution is 2.39. The summed E-state index contributed by atoms with van der Waals surface area (Å²) in [6.07, 6.45) is -2.13. The molecule has 0 unspecified atom stereocenters. The second-order valence-electron chi connectivity index (χ2n) is 6.21. The van der Waals surface area contributed by atoms with E-state index in [2.05, 4.69) is 10.1 Å². The molecular weight excluding hydrogens is 381 g/mol. The molecule has 0 atom stereocenters. The number of hydrogen-bond donors (Lipinski definition) is 0. The van der Waals surface area contributed by atoms with Crippen molar-refractivity contribution in [2.75, 3.05) is 0 Å². The number of nitro groups is 1. The first kappa shape index (κ1) is 17.7. The summed E-state index contributed by atoms with van der Waals surface area (Å²) in [6, 6.07) is 5.84. The smallest absolute Gasteiger partial charge is 0.258 e. The molecule has 0 amide bonds. The average molecular weight is 394 g/mol. The Bertz CT molecular complexity index is 1030. The lowest BCUT2D eigenvalue weighted by Crippen LogP contribution is -2.16. The molecule has 1 aliphatic carbocycles. The Balaban J connectivity index is 1.79. The third kappa shape index (κ3) is 3.20. The highest BCUT2D eigenvalue weighted by molar-refractivity contribution is 7.12. The molecule has 140 valence electrons. The Morgan fingerprint density at radius 3 is 2.74 bits per heavy atom. The molecule has 2 aromatic heterocycles. The van der Waals surface area contributed by atoms with Gasteiger partial charge in [0.2, 0.25) is 5.13 Å². The van der Waals surface area contributed by atoms with Crippen molar-refractivity contribution >= 4 is 17.0 Å². The van der Waals surface area contributed by atoms with Gasteiger partial charge in [0.25, 0.3) is 5.69 Å². The fourth-order valence-corrected chi connectivity index (χ4v) is 4.04. The maximum absolute atomic E-state index is 13.7. The Kier molecular flexibility index (Phi) is 4.22. The van der Waals surface area contributed by atoms with Crippen molar-refractivity contribution in [3.05, 3.63) is 56.7 Å². The zero-order valence-electron chi connectivity index (χ0n) is 13.9. The quantitative estimate of drug-likeness (QED) is 0.472. The van der Waals surface area contributed by atoms with Crippen molar-refractivity contribution in [2.45, 2.75) is 31.9 Å². The zero-order chi connectivity index (χ0) is 19.2. The molecule has 1 aromatic carbocycles. The van der Waals surface area contributed by atoms with Crippen LogP contribution in [0.5, 0.6) is 0 Å². The lowest BCUT2D eigenvalue weighted by molar-refractivity contribution is -0.384. The van der Waals surface area contributed by atoms with Crippen molar-refractivity contribution in [1.29, 1.82) is 0 Å². The summed E-state index contributed by atoms with van der Waals surface area (Å²) in [5.74, 6) is 0. The van der Waals surface area contributed by atoms with Crippen LogP contribution in [0, 0.1) is 10.1 Å². The number of alkyl halides is 3. The molecule has 27 heavy (non-hydrogen) atoms. The van der Waals surface area contributed by atoms with E-state index in [0.717, 1.165) is 22.4 Å². The van der Waals surface area contributed by atoms with Crippen molar-refractivity contribution in [1.82, 2.24) is 14.8 Å². The number of benzene rings is 1. The number of hydrogen-bond acceptors (Lipinski definition) is 5. The van der Waals surface area contributed by atoms with Crippen molar-refractivity contribution in [3.63, 3.8) is 0 Å². The highest BCUT2D eigenvalue weighted by Gasteiger charge is 2.41. The van der Waals surface area contributed by atoms with Crippen LogP contribution >= 0.6 is 11.3 Å². The maximum atomic E-state index is 13.7. The molecule has 6 nitrogen and oxygen atoms in total. The molecule has 4 rings (SSSR count). The monoisotopic (exact) mass is 394 g/mol. The first-order chi connectivity index (χ1) is 12.8. The maximum Gasteiger partial charge on any atom is 0.433 e. The normalized spacial score (nSPS) is 14.2. The summed E-state index contributed by atoms with van der Waals surface area (Å²) in [7, 11) is 0. The fourth-order valence-electron chi connectivity index (χ4n) is 3.26. The molecule has 0 aliphatic heterocycles. The van der Waals surface area contributed by atoms with Crippen LogP contribution in [0.25, 0.3) is 16.4 Å². The lowest BCUT2D eigenvalue weighted by atomic mass is 9.96. The van der Waals surface area contributed by atoms with Crippen LogP contribution in [-0.4, -0.2) is 19.7 Å². The van der Waals surface area contributed by atoms with Crippen LogP contribution in [0.2, 0.25) is 0 Å². The van der Waals surface area contributed by atoms with Gasteiger partial charge in [-0.25, -0.2) is 9.67 Å². The third-order valence-electron chi connectivity index (χ3n) is 4.45. The lowest BCUT2D eigenvalue weighted by Gasteiger charge is -2.13. The minimum Gasteiger partial charge on any atom is -0.258 e. The van der Waals surface area contributed by atoms with Crippen molar-refractivity contribution in [2.24, 2.45) is 0 Å². The van der Waals surface area contributed by atoms with Gasteiger partial charge >= 0.3 is 6.18 Å². The molecule has 0 bridgehead atoms. The van der Waals surface area contributed by atoms with Gasteiger partial charge in [0.05, 0.1) is 16.3 Å². The summed E-state index contributed by atoms with van der Waals surface area (Å²) in [6.45, 7) is 0. The van der Waals surface area contributed by atoms with E-state index in [4.69, 9.17) is 0 Å². The molecule has 2 heterocycles. The van der Waals surface area contributed by atoms with E-state index in [-0.39, 0.29) is 16.4 Å². The van der Waals surface area contributed by atoms with Crippen molar-refractivity contribution in [3.8, 4) is 16.4 Å². The van der Waals surface area contributed by atoms with E-state index in [1.165, 1.54) is 18.2 Å². The van der Waals surface area contributed by atoms with E-state index >= 15 is 0 Å². The number of nitrogens with zero attached hydrogens (tertiary/aromatic N) is 4. The Morgan fingerprint density at radius 2 is 2.00 bits per heavy atom. The molecule has 0 fully saturated rings. The number of aromatic nitrogens is 3. The third-order valence-corrected chi connectivity index (χ3v) is 5.27. The van der Waals surface area contributed by atoms with E-state index in [9.17, 15) is 23.3 Å². The van der Waals surface area contributed by atoms with Gasteiger partial charge in [0.15, 0.2) is 5.69 Å². The van der Waals surface area contributed by atoms with Gasteiger partial charge in [0.1, 0.15) is 0 Å². The molecule has 0 radical (unpaired) electrons. The first-order valence-electron chi connectivity index (χ1n) is 8.23. The van der Waals surface area contributed by atoms with Gasteiger partial charge < -0.3 is 0 Å². The van der Waals surface area contributed by atoms with Crippen LogP contribution in [0.1, 0.15) is 29.8 Å². The number of halogens is 3. The SMILES string of the molecule is O=[N+]([O-])c1cccc(-c2csc(-n3nc4c(c3C(F)(F)F)CCCC4)n2)c1. The second kappa shape index (κ2) is 6.45. The Labute approximate surface area is 155 Å². The van der Waals surface area contributed by atoms with Crippen molar-refractivity contribution < 1.29 is 18.1 Å². The van der Waals surface area contributed by atoms with Gasteiger partial charge in [0, 0.05) is 28.6 Å². The summed E-state index contributed by atoms with van der Waals surface area (Å²) < 4.78 is 41.9. The van der Waals surface area contributed by atoms with Gasteiger partial charge in [-0.3, -0.25) is 10.1 Å². The number of thiazole rings is 1. The van der Waals surface area contributed by atoms with E-state index in [0.29, 0.717) is 36.2 Å². The first-order valence-corrected chi connectivity index (χ1v) is 9.11. The van der Waals surface area contributed by atoms with Crippen LogP contribution in [0.4, 0.5) is 18.9 Å². The number of rotatable bonds is 3. The highest BCUT2D eigenvalue weighted by atomic mass is 32.1. The second-order valence-corrected chi connectivity index (χ2v) is 7.05. The standard InChI is InChI=1S/C17H13F3N4O2S/c18-17(19,20)15-12-6-1-2-7-13(12)22-23(15)16-21-14(9-27-16)10-4-3-5-11(8-10)24(25)26/h3-5,8-9H,1-2,6-7H2. The van der Waals surface area contributed by atoms with E-state index in [1.54, 1.807) is 11.4 Å². The van der Waals surface area contributed by atoms with Gasteiger partial charge in [-0.2, -0.15) is 18.3 Å². The molecule has 0 saturated heterocycles. The Hall–Kier alpha value is -2.75. The summed E-state index contributed by atoms with van der Waals surface area (Å²) in [5.41, 5.74) is 0.698. The molecule has 1 aliphatic rings. The summed E-state index contributed by atoms with van der Waals surface area (Å²) in [4.78, 5) is 14.7. The van der Waals surface area contributed by atoms with E-state index < -0.39 is 16.8 Å². The molecule has 10 heteroatoms. The predicted octanol–water partition coefficient (Wildman–Crippen LogP) is 4.80. The Morgan fingerprint density at radius 1 is 1.22 bits per heavy atom. The fraction of sp³-hybridized carbons (Fsp3) is 0.294. The number of fused-ring (bicyclic) bond motifs is 1. The van der Waals surface area contributed by atoms with Crippen LogP contribution in [0.15, 0.2) is 29.6 Å². The molecule has 0 saturated carbocycles. The van der Waals surface area contributed by atoms with Crippen LogP contribution in [0.3, 0.4) is 0 Å². The zero-order valence-corrected chi connectivity index (χ0v) is 14.7. The van der Waals surface area contributed by atoms with E-state index in [1.807, 2.05) is 0 Å². The summed E-state index contributed by atoms with van der Waals surface area (Å²) >= 11 is 1.02. The number of aryl methyl sites for hydroxylation is 1. The minimum absolute atomic E-state index is 0.0956. The number of nitro benzene ring substituents is 1. The van der Waals surface area contributed by atoms with Gasteiger partial charge in [-0.15, -0.1) is 11.3 Å². The number of non-ortho nitro benzene ring substituents is 1. The topological polar surface area (TPSA) is 73.8 Å². The molecule has 0 N–H and O–H groups in total. The average Bonchev–Trinajstić information content (AvgIpc) is 3.26. The molecule has 0 spiro atoms. The largest absolute Gasteiger partial charge is 0.433 e. The molecule has 3 aromatic rings. The van der Waals surface area contributed by atoms with Gasteiger partial charge in [-0.05, 0) is 25.7 Å². The van der Waals surface area contributed by atoms with Crippen LogP contribution in [-0.2, 0) is 19.0 Å².